The molecule has 0 aliphatic heterocycles. The van der Waals surface area contributed by atoms with E-state index in [9.17, 15) is 4.79 Å². The van der Waals surface area contributed by atoms with Crippen molar-refractivity contribution < 1.29 is 4.79 Å². The summed E-state index contributed by atoms with van der Waals surface area (Å²) in [7, 11) is 3.90. The molecular formula is C20H26N4O. The fraction of sp³-hybridized carbons (Fsp3) is 0.650. The predicted octanol–water partition coefficient (Wildman–Crippen LogP) is 3.17. The summed E-state index contributed by atoms with van der Waals surface area (Å²) < 4.78 is 1.78. The van der Waals surface area contributed by atoms with E-state index in [1.54, 1.807) is 10.9 Å². The van der Waals surface area contributed by atoms with Crippen LogP contribution in [0, 0.1) is 30.6 Å². The molecule has 0 spiro atoms. The minimum Gasteiger partial charge on any atom is -0.338 e. The van der Waals surface area contributed by atoms with E-state index >= 15 is 0 Å². The largest absolute Gasteiger partial charge is 0.338 e. The number of aromatic nitrogens is 3. The van der Waals surface area contributed by atoms with Crippen molar-refractivity contribution in [3.8, 4) is 0 Å². The monoisotopic (exact) mass is 338 g/mol. The van der Waals surface area contributed by atoms with Crippen molar-refractivity contribution in [3.63, 3.8) is 0 Å². The molecule has 132 valence electrons. The third-order valence-corrected chi connectivity index (χ3v) is 7.05. The van der Waals surface area contributed by atoms with Crippen molar-refractivity contribution >= 4 is 16.9 Å². The average molecular weight is 338 g/mol. The number of amides is 1. The van der Waals surface area contributed by atoms with Crippen molar-refractivity contribution in [1.82, 2.24) is 19.7 Å². The van der Waals surface area contributed by atoms with E-state index < -0.39 is 0 Å². The second-order valence-electron chi connectivity index (χ2n) is 8.64. The zero-order valence-electron chi connectivity index (χ0n) is 15.3. The van der Waals surface area contributed by atoms with Crippen molar-refractivity contribution in [1.29, 1.82) is 0 Å². The molecule has 2 heterocycles. The number of nitrogens with zero attached hydrogens (tertiary/aromatic N) is 4. The molecule has 1 amide bonds. The van der Waals surface area contributed by atoms with E-state index in [-0.39, 0.29) is 5.91 Å². The van der Waals surface area contributed by atoms with Gasteiger partial charge in [0.05, 0.1) is 11.3 Å². The van der Waals surface area contributed by atoms with Crippen LogP contribution < -0.4 is 0 Å². The van der Waals surface area contributed by atoms with Gasteiger partial charge in [-0.2, -0.15) is 5.10 Å². The van der Waals surface area contributed by atoms with Crippen LogP contribution in [0.25, 0.3) is 11.0 Å². The molecule has 5 nitrogen and oxygen atoms in total. The summed E-state index contributed by atoms with van der Waals surface area (Å²) in [6.07, 6.45) is 8.47. The number of pyridine rings is 1. The first-order chi connectivity index (χ1) is 12.0. The van der Waals surface area contributed by atoms with Crippen LogP contribution in [0.2, 0.25) is 0 Å². The minimum atomic E-state index is 0.120. The SMILES string of the molecule is Cc1nn(C)c2ncc(C(=O)N(C)C3C4CC5CC(C4)CC3C5)cc12. The lowest BCUT2D eigenvalue weighted by Crippen LogP contribution is -2.56. The summed E-state index contributed by atoms with van der Waals surface area (Å²) >= 11 is 0. The zero-order chi connectivity index (χ0) is 17.3. The molecule has 0 saturated heterocycles. The lowest BCUT2D eigenvalue weighted by atomic mass is 9.54. The Morgan fingerprint density at radius 3 is 2.44 bits per heavy atom. The van der Waals surface area contributed by atoms with E-state index in [2.05, 4.69) is 10.1 Å². The number of rotatable bonds is 2. The quantitative estimate of drug-likeness (QED) is 0.845. The molecule has 0 unspecified atom stereocenters. The average Bonchev–Trinajstić information content (AvgIpc) is 2.87. The molecule has 5 heteroatoms. The molecule has 4 aliphatic carbocycles. The van der Waals surface area contributed by atoms with Gasteiger partial charge in [0, 0.05) is 31.7 Å². The summed E-state index contributed by atoms with van der Waals surface area (Å²) in [5, 5.41) is 5.39. The van der Waals surface area contributed by atoms with Crippen molar-refractivity contribution in [2.45, 2.75) is 45.1 Å². The van der Waals surface area contributed by atoms with Crippen molar-refractivity contribution in [3.05, 3.63) is 23.5 Å². The number of carbonyl (C=O) groups excluding carboxylic acids is 1. The molecule has 6 rings (SSSR count). The summed E-state index contributed by atoms with van der Waals surface area (Å²) in [6.45, 7) is 1.97. The van der Waals surface area contributed by atoms with E-state index in [0.29, 0.717) is 23.4 Å². The first-order valence-electron chi connectivity index (χ1n) is 9.57. The molecule has 2 aromatic heterocycles. The first-order valence-corrected chi connectivity index (χ1v) is 9.57. The number of carbonyl (C=O) groups is 1. The highest BCUT2D eigenvalue weighted by Gasteiger charge is 2.50. The molecule has 0 aromatic carbocycles. The van der Waals surface area contributed by atoms with Crippen molar-refractivity contribution in [2.24, 2.45) is 30.7 Å². The Balaban J connectivity index is 1.45. The van der Waals surface area contributed by atoms with E-state index in [0.717, 1.165) is 28.6 Å². The van der Waals surface area contributed by atoms with Crippen LogP contribution in [-0.2, 0) is 7.05 Å². The normalized spacial score (nSPS) is 33.2. The van der Waals surface area contributed by atoms with Crippen LogP contribution in [0.4, 0.5) is 0 Å². The second-order valence-corrected chi connectivity index (χ2v) is 8.64. The molecule has 4 fully saturated rings. The Bertz CT molecular complexity index is 827. The highest BCUT2D eigenvalue weighted by atomic mass is 16.2. The maximum absolute atomic E-state index is 13.2. The van der Waals surface area contributed by atoms with Crippen LogP contribution in [0.5, 0.6) is 0 Å². The number of hydrogen-bond acceptors (Lipinski definition) is 3. The van der Waals surface area contributed by atoms with Gasteiger partial charge in [-0.3, -0.25) is 9.48 Å². The fourth-order valence-corrected chi connectivity index (χ4v) is 6.29. The van der Waals surface area contributed by atoms with E-state index in [4.69, 9.17) is 0 Å². The van der Waals surface area contributed by atoms with Gasteiger partial charge in [0.15, 0.2) is 5.65 Å². The third-order valence-electron chi connectivity index (χ3n) is 7.05. The molecule has 4 bridgehead atoms. The molecule has 25 heavy (non-hydrogen) atoms. The van der Waals surface area contributed by atoms with E-state index in [1.807, 2.05) is 32.0 Å². The predicted molar refractivity (Wildman–Crippen MR) is 96.2 cm³/mol. The van der Waals surface area contributed by atoms with Gasteiger partial charge in [-0.15, -0.1) is 0 Å². The van der Waals surface area contributed by atoms with Crippen molar-refractivity contribution in [2.75, 3.05) is 7.05 Å². The van der Waals surface area contributed by atoms with Gasteiger partial charge in [-0.1, -0.05) is 0 Å². The van der Waals surface area contributed by atoms with Gasteiger partial charge in [0.25, 0.3) is 5.91 Å². The van der Waals surface area contributed by atoms with E-state index in [1.165, 1.54) is 32.1 Å². The first kappa shape index (κ1) is 15.4. The highest BCUT2D eigenvalue weighted by Crippen LogP contribution is 2.55. The second kappa shape index (κ2) is 5.29. The highest BCUT2D eigenvalue weighted by molar-refractivity contribution is 5.97. The Hall–Kier alpha value is -1.91. The van der Waals surface area contributed by atoms with Crippen LogP contribution in [0.3, 0.4) is 0 Å². The Morgan fingerprint density at radius 1 is 1.16 bits per heavy atom. The number of fused-ring (bicyclic) bond motifs is 1. The smallest absolute Gasteiger partial charge is 0.255 e. The van der Waals surface area contributed by atoms with Gasteiger partial charge in [0.1, 0.15) is 0 Å². The van der Waals surface area contributed by atoms with Gasteiger partial charge in [-0.25, -0.2) is 4.98 Å². The third kappa shape index (κ3) is 2.24. The Labute approximate surface area is 148 Å². The standard InChI is InChI=1S/C20H26N4O/c1-11-17-9-16(10-21-19(17)24(3)22-11)20(25)23(2)18-14-5-12-4-13(7-14)8-15(18)6-12/h9-10,12-15,18H,4-8H2,1-3H3. The maximum atomic E-state index is 13.2. The fourth-order valence-electron chi connectivity index (χ4n) is 6.29. The summed E-state index contributed by atoms with van der Waals surface area (Å²) in [6, 6.07) is 2.39. The van der Waals surface area contributed by atoms with Crippen LogP contribution >= 0.6 is 0 Å². The summed E-state index contributed by atoms with van der Waals surface area (Å²) in [4.78, 5) is 19.7. The number of hydrogen-bond donors (Lipinski definition) is 0. The van der Waals surface area contributed by atoms with Crippen LogP contribution in [0.15, 0.2) is 12.3 Å². The molecule has 4 saturated carbocycles. The van der Waals surface area contributed by atoms with Gasteiger partial charge in [0.2, 0.25) is 0 Å². The van der Waals surface area contributed by atoms with Gasteiger partial charge < -0.3 is 4.90 Å². The molecular weight excluding hydrogens is 312 g/mol. The van der Waals surface area contributed by atoms with Gasteiger partial charge >= 0.3 is 0 Å². The van der Waals surface area contributed by atoms with Crippen LogP contribution in [0.1, 0.15) is 48.2 Å². The minimum absolute atomic E-state index is 0.120. The zero-order valence-corrected chi connectivity index (χ0v) is 15.3. The molecule has 0 N–H and O–H groups in total. The molecule has 2 aromatic rings. The summed E-state index contributed by atoms with van der Waals surface area (Å²) in [5.74, 6) is 3.40. The van der Waals surface area contributed by atoms with Gasteiger partial charge in [-0.05, 0) is 68.8 Å². The lowest BCUT2D eigenvalue weighted by Gasteiger charge is -2.56. The number of aryl methyl sites for hydroxylation is 2. The molecule has 4 aliphatic rings. The summed E-state index contributed by atoms with van der Waals surface area (Å²) in [5.41, 5.74) is 2.46. The molecule has 0 atom stereocenters. The topological polar surface area (TPSA) is 51.0 Å². The van der Waals surface area contributed by atoms with Crippen LogP contribution in [-0.4, -0.2) is 38.7 Å². The maximum Gasteiger partial charge on any atom is 0.255 e. The Morgan fingerprint density at radius 2 is 1.80 bits per heavy atom. The Kier molecular flexibility index (Phi) is 3.25. The lowest BCUT2D eigenvalue weighted by molar-refractivity contribution is -0.0491. The molecule has 0 radical (unpaired) electrons.